The molecule has 0 bridgehead atoms. The summed E-state index contributed by atoms with van der Waals surface area (Å²) in [5.41, 5.74) is 2.13. The fraction of sp³-hybridized carbons (Fsp3) is 0.417. The van der Waals surface area contributed by atoms with Crippen LogP contribution < -0.4 is 0 Å². The molecule has 2 aromatic carbocycles. The van der Waals surface area contributed by atoms with Gasteiger partial charge in [0.2, 0.25) is 0 Å². The molecule has 0 spiro atoms. The highest BCUT2D eigenvalue weighted by Crippen LogP contribution is 2.36. The molecule has 2 aliphatic rings. The molecular formula is C24H27NO2. The molecule has 0 N–H and O–H groups in total. The van der Waals surface area contributed by atoms with E-state index in [2.05, 4.69) is 0 Å². The summed E-state index contributed by atoms with van der Waals surface area (Å²) in [6.07, 6.45) is 9.84. The maximum absolute atomic E-state index is 13.0. The molecular weight excluding hydrogens is 334 g/mol. The largest absolute Gasteiger partial charge is 0.269 e. The number of amides is 2. The van der Waals surface area contributed by atoms with Crippen molar-refractivity contribution in [2.24, 2.45) is 5.92 Å². The van der Waals surface area contributed by atoms with Crippen LogP contribution in [0.3, 0.4) is 0 Å². The van der Waals surface area contributed by atoms with Crippen molar-refractivity contribution in [1.29, 1.82) is 0 Å². The molecule has 2 amide bonds. The fourth-order valence-electron chi connectivity index (χ4n) is 4.69. The van der Waals surface area contributed by atoms with Crippen LogP contribution >= 0.6 is 0 Å². The lowest BCUT2D eigenvalue weighted by Gasteiger charge is -2.28. The van der Waals surface area contributed by atoms with Crippen molar-refractivity contribution in [3.05, 3.63) is 71.3 Å². The first kappa shape index (κ1) is 18.0. The highest BCUT2D eigenvalue weighted by Gasteiger charge is 2.40. The van der Waals surface area contributed by atoms with Gasteiger partial charge in [0, 0.05) is 0 Å². The van der Waals surface area contributed by atoms with Gasteiger partial charge in [0.15, 0.2) is 0 Å². The number of benzene rings is 2. The lowest BCUT2D eigenvalue weighted by Crippen LogP contribution is -2.34. The molecule has 0 unspecified atom stereocenters. The number of hydrogen-bond acceptors (Lipinski definition) is 2. The lowest BCUT2D eigenvalue weighted by atomic mass is 9.85. The molecule has 1 atom stereocenters. The highest BCUT2D eigenvalue weighted by atomic mass is 16.2. The van der Waals surface area contributed by atoms with Crippen LogP contribution in [0.1, 0.15) is 83.7 Å². The van der Waals surface area contributed by atoms with Crippen molar-refractivity contribution in [1.82, 2.24) is 4.90 Å². The minimum Gasteiger partial charge on any atom is -0.269 e. The molecule has 140 valence electrons. The summed E-state index contributed by atoms with van der Waals surface area (Å²) in [6, 6.07) is 17.0. The number of hydrogen-bond donors (Lipinski definition) is 0. The zero-order valence-corrected chi connectivity index (χ0v) is 15.8. The zero-order valence-electron chi connectivity index (χ0n) is 15.8. The summed E-state index contributed by atoms with van der Waals surface area (Å²) in [6.45, 7) is 0. The van der Waals surface area contributed by atoms with E-state index in [1.54, 1.807) is 12.1 Å². The second kappa shape index (κ2) is 8.08. The van der Waals surface area contributed by atoms with Crippen molar-refractivity contribution in [2.45, 2.75) is 57.4 Å². The van der Waals surface area contributed by atoms with Gasteiger partial charge in [-0.2, -0.15) is 0 Å². The summed E-state index contributed by atoms with van der Waals surface area (Å²) >= 11 is 0. The molecule has 1 aliphatic heterocycles. The van der Waals surface area contributed by atoms with Crippen LogP contribution in [0.2, 0.25) is 0 Å². The number of carbonyl (C=O) groups excluding carboxylic acids is 2. The SMILES string of the molecule is O=C1c2ccccc2C(=O)N1[C@H](CCCC1CCCCC1)c1ccccc1. The third-order valence-electron chi connectivity index (χ3n) is 6.14. The number of imide groups is 1. The van der Waals surface area contributed by atoms with Crippen LogP contribution in [0.25, 0.3) is 0 Å². The van der Waals surface area contributed by atoms with E-state index in [-0.39, 0.29) is 17.9 Å². The highest BCUT2D eigenvalue weighted by molar-refractivity contribution is 6.21. The summed E-state index contributed by atoms with van der Waals surface area (Å²) in [4.78, 5) is 27.5. The van der Waals surface area contributed by atoms with Crippen molar-refractivity contribution < 1.29 is 9.59 Å². The van der Waals surface area contributed by atoms with E-state index < -0.39 is 0 Å². The Morgan fingerprint density at radius 3 is 2.04 bits per heavy atom. The molecule has 2 aromatic rings. The Labute approximate surface area is 161 Å². The molecule has 1 fully saturated rings. The number of nitrogens with zero attached hydrogens (tertiary/aromatic N) is 1. The minimum atomic E-state index is -0.179. The lowest BCUT2D eigenvalue weighted by molar-refractivity contribution is 0.0570. The first-order chi connectivity index (χ1) is 13.3. The number of fused-ring (bicyclic) bond motifs is 1. The van der Waals surface area contributed by atoms with Gasteiger partial charge in [-0.1, -0.05) is 87.4 Å². The van der Waals surface area contributed by atoms with Gasteiger partial charge in [-0.15, -0.1) is 0 Å². The van der Waals surface area contributed by atoms with Crippen LogP contribution in [-0.4, -0.2) is 16.7 Å². The Hall–Kier alpha value is -2.42. The van der Waals surface area contributed by atoms with Crippen molar-refractivity contribution in [2.75, 3.05) is 0 Å². The monoisotopic (exact) mass is 361 g/mol. The third kappa shape index (κ3) is 3.69. The Kier molecular flexibility index (Phi) is 5.38. The third-order valence-corrected chi connectivity index (χ3v) is 6.14. The molecule has 4 rings (SSSR count). The summed E-state index contributed by atoms with van der Waals surface area (Å²) in [5.74, 6) is 0.515. The fourth-order valence-corrected chi connectivity index (χ4v) is 4.69. The van der Waals surface area contributed by atoms with Gasteiger partial charge in [-0.25, -0.2) is 0 Å². The summed E-state index contributed by atoms with van der Waals surface area (Å²) in [5, 5.41) is 0. The van der Waals surface area contributed by atoms with E-state index in [9.17, 15) is 9.59 Å². The first-order valence-electron chi connectivity index (χ1n) is 10.3. The normalized spacial score (nSPS) is 18.6. The Balaban J connectivity index is 1.54. The topological polar surface area (TPSA) is 37.4 Å². The maximum atomic E-state index is 13.0. The maximum Gasteiger partial charge on any atom is 0.262 e. The Morgan fingerprint density at radius 1 is 0.815 bits per heavy atom. The van der Waals surface area contributed by atoms with E-state index in [0.717, 1.165) is 24.3 Å². The van der Waals surface area contributed by atoms with E-state index in [4.69, 9.17) is 0 Å². The zero-order chi connectivity index (χ0) is 18.6. The number of carbonyl (C=O) groups is 2. The predicted octanol–water partition coefficient (Wildman–Crippen LogP) is 5.77. The van der Waals surface area contributed by atoms with Crippen LogP contribution in [0.5, 0.6) is 0 Å². The molecule has 0 radical (unpaired) electrons. The van der Waals surface area contributed by atoms with Gasteiger partial charge in [-0.3, -0.25) is 14.5 Å². The van der Waals surface area contributed by atoms with Crippen molar-refractivity contribution >= 4 is 11.8 Å². The first-order valence-corrected chi connectivity index (χ1v) is 10.3. The standard InChI is InChI=1S/C24H27NO2/c26-23-20-15-7-8-16-21(20)24(27)25(23)22(19-13-5-2-6-14-19)17-9-12-18-10-3-1-4-11-18/h2,5-8,13-16,18,22H,1,3-4,9-12,17H2/t22-/m1/s1. The second-order valence-electron chi connectivity index (χ2n) is 7.89. The minimum absolute atomic E-state index is 0.151. The molecule has 3 heteroatoms. The molecule has 1 saturated carbocycles. The van der Waals surface area contributed by atoms with Gasteiger partial charge >= 0.3 is 0 Å². The van der Waals surface area contributed by atoms with E-state index in [0.29, 0.717) is 11.1 Å². The molecule has 1 aliphatic carbocycles. The average molecular weight is 361 g/mol. The van der Waals surface area contributed by atoms with Gasteiger partial charge < -0.3 is 0 Å². The van der Waals surface area contributed by atoms with Gasteiger partial charge in [-0.05, 0) is 30.0 Å². The average Bonchev–Trinajstić information content (AvgIpc) is 2.98. The van der Waals surface area contributed by atoms with E-state index >= 15 is 0 Å². The smallest absolute Gasteiger partial charge is 0.262 e. The Morgan fingerprint density at radius 2 is 1.41 bits per heavy atom. The quantitative estimate of drug-likeness (QED) is 0.612. The Bertz CT molecular complexity index is 773. The van der Waals surface area contributed by atoms with Gasteiger partial charge in [0.1, 0.15) is 0 Å². The molecule has 0 aromatic heterocycles. The van der Waals surface area contributed by atoms with Gasteiger partial charge in [0.25, 0.3) is 11.8 Å². The van der Waals surface area contributed by atoms with Crippen LogP contribution in [0, 0.1) is 5.92 Å². The summed E-state index contributed by atoms with van der Waals surface area (Å²) < 4.78 is 0. The van der Waals surface area contributed by atoms with Gasteiger partial charge in [0.05, 0.1) is 17.2 Å². The molecule has 1 heterocycles. The predicted molar refractivity (Wildman–Crippen MR) is 107 cm³/mol. The van der Waals surface area contributed by atoms with Crippen LogP contribution in [0.4, 0.5) is 0 Å². The van der Waals surface area contributed by atoms with E-state index in [1.165, 1.54) is 43.4 Å². The number of rotatable bonds is 6. The molecule has 0 saturated heterocycles. The van der Waals surface area contributed by atoms with Crippen LogP contribution in [-0.2, 0) is 0 Å². The molecule has 27 heavy (non-hydrogen) atoms. The van der Waals surface area contributed by atoms with Crippen molar-refractivity contribution in [3.63, 3.8) is 0 Å². The van der Waals surface area contributed by atoms with Crippen molar-refractivity contribution in [3.8, 4) is 0 Å². The van der Waals surface area contributed by atoms with Crippen LogP contribution in [0.15, 0.2) is 54.6 Å². The second-order valence-corrected chi connectivity index (χ2v) is 7.89. The van der Waals surface area contributed by atoms with E-state index in [1.807, 2.05) is 42.5 Å². The summed E-state index contributed by atoms with van der Waals surface area (Å²) in [7, 11) is 0. The molecule has 3 nitrogen and oxygen atoms in total.